The first-order valence-corrected chi connectivity index (χ1v) is 6.39. The minimum Gasteiger partial charge on any atom is -0.298 e. The molecule has 0 aliphatic heterocycles. The number of benzene rings is 2. The van der Waals surface area contributed by atoms with Gasteiger partial charge < -0.3 is 0 Å². The lowest BCUT2D eigenvalue weighted by Crippen LogP contribution is -1.89. The zero-order chi connectivity index (χ0) is 13.0. The summed E-state index contributed by atoms with van der Waals surface area (Å²) in [7, 11) is 0. The van der Waals surface area contributed by atoms with Gasteiger partial charge in [0, 0.05) is 5.56 Å². The highest BCUT2D eigenvalue weighted by atomic mass is 16.1. The van der Waals surface area contributed by atoms with Crippen LogP contribution in [0.3, 0.4) is 0 Å². The second-order valence-corrected chi connectivity index (χ2v) is 4.64. The molecule has 0 aliphatic carbocycles. The number of carbonyl (C=O) groups excluding carboxylic acids is 1. The fourth-order valence-electron chi connectivity index (χ4n) is 2.21. The first kappa shape index (κ1) is 12.6. The van der Waals surface area contributed by atoms with Gasteiger partial charge in [-0.2, -0.15) is 0 Å². The van der Waals surface area contributed by atoms with Gasteiger partial charge in [0.15, 0.2) is 0 Å². The number of aryl methyl sites for hydroxylation is 2. The molecule has 0 fully saturated rings. The van der Waals surface area contributed by atoms with Crippen molar-refractivity contribution in [1.82, 2.24) is 0 Å². The largest absolute Gasteiger partial charge is 0.298 e. The summed E-state index contributed by atoms with van der Waals surface area (Å²) in [5.74, 6) is 0. The van der Waals surface area contributed by atoms with Crippen LogP contribution in [0.1, 0.15) is 34.8 Å². The quantitative estimate of drug-likeness (QED) is 0.720. The van der Waals surface area contributed by atoms with Crippen LogP contribution in [0.4, 0.5) is 0 Å². The van der Waals surface area contributed by atoms with E-state index >= 15 is 0 Å². The van der Waals surface area contributed by atoms with Crippen LogP contribution in [-0.4, -0.2) is 6.29 Å². The smallest absolute Gasteiger partial charge is 0.150 e. The topological polar surface area (TPSA) is 17.1 Å². The standard InChI is InChI=1S/C17H18O/c1-3-5-14-6-4-7-16(10-14)17-11-15(12-18)9-8-13(17)2/h4,6-12H,3,5H2,1-2H3. The predicted molar refractivity (Wildman–Crippen MR) is 76.0 cm³/mol. The molecule has 0 atom stereocenters. The lowest BCUT2D eigenvalue weighted by atomic mass is 9.96. The minimum absolute atomic E-state index is 0.733. The number of aldehydes is 1. The molecular weight excluding hydrogens is 220 g/mol. The molecular formula is C17H18O. The highest BCUT2D eigenvalue weighted by molar-refractivity contribution is 5.80. The molecule has 0 saturated carbocycles. The molecule has 1 nitrogen and oxygen atoms in total. The van der Waals surface area contributed by atoms with Crippen LogP contribution in [0.25, 0.3) is 11.1 Å². The van der Waals surface area contributed by atoms with E-state index in [9.17, 15) is 4.79 Å². The molecule has 1 heteroatoms. The Hall–Kier alpha value is -1.89. The molecule has 92 valence electrons. The van der Waals surface area contributed by atoms with Crippen molar-refractivity contribution in [3.05, 3.63) is 59.2 Å². The fourth-order valence-corrected chi connectivity index (χ4v) is 2.21. The summed E-state index contributed by atoms with van der Waals surface area (Å²) in [6.45, 7) is 4.27. The molecule has 0 unspecified atom stereocenters. The van der Waals surface area contributed by atoms with E-state index < -0.39 is 0 Å². The highest BCUT2D eigenvalue weighted by Crippen LogP contribution is 2.25. The lowest BCUT2D eigenvalue weighted by molar-refractivity contribution is 0.112. The predicted octanol–water partition coefficient (Wildman–Crippen LogP) is 4.43. The molecule has 0 heterocycles. The molecule has 2 aromatic rings. The van der Waals surface area contributed by atoms with Crippen molar-refractivity contribution in [2.75, 3.05) is 0 Å². The van der Waals surface area contributed by atoms with Crippen molar-refractivity contribution < 1.29 is 4.79 Å². The SMILES string of the molecule is CCCc1cccc(-c2cc(C=O)ccc2C)c1. The van der Waals surface area contributed by atoms with Gasteiger partial charge in [0.2, 0.25) is 0 Å². The first-order valence-electron chi connectivity index (χ1n) is 6.39. The Morgan fingerprint density at radius 2 is 1.94 bits per heavy atom. The van der Waals surface area contributed by atoms with Crippen molar-refractivity contribution in [2.45, 2.75) is 26.7 Å². The van der Waals surface area contributed by atoms with Gasteiger partial charge in [-0.25, -0.2) is 0 Å². The van der Waals surface area contributed by atoms with E-state index in [2.05, 4.69) is 38.1 Å². The van der Waals surface area contributed by atoms with E-state index in [1.165, 1.54) is 16.7 Å². The second kappa shape index (κ2) is 5.63. The van der Waals surface area contributed by atoms with Crippen molar-refractivity contribution in [3.63, 3.8) is 0 Å². The number of hydrogen-bond donors (Lipinski definition) is 0. The van der Waals surface area contributed by atoms with Gasteiger partial charge in [-0.1, -0.05) is 49.7 Å². The van der Waals surface area contributed by atoms with Crippen molar-refractivity contribution >= 4 is 6.29 Å². The summed E-state index contributed by atoms with van der Waals surface area (Å²) >= 11 is 0. The molecule has 0 bridgehead atoms. The van der Waals surface area contributed by atoms with Crippen LogP contribution in [-0.2, 0) is 6.42 Å². The number of hydrogen-bond acceptors (Lipinski definition) is 1. The van der Waals surface area contributed by atoms with Crippen LogP contribution in [0.15, 0.2) is 42.5 Å². The molecule has 0 N–H and O–H groups in total. The maximum absolute atomic E-state index is 10.9. The minimum atomic E-state index is 0.733. The van der Waals surface area contributed by atoms with Crippen LogP contribution in [0.2, 0.25) is 0 Å². The van der Waals surface area contributed by atoms with Gasteiger partial charge >= 0.3 is 0 Å². The maximum atomic E-state index is 10.9. The van der Waals surface area contributed by atoms with Crippen molar-refractivity contribution in [3.8, 4) is 11.1 Å². The molecule has 0 aromatic heterocycles. The lowest BCUT2D eigenvalue weighted by Gasteiger charge is -2.08. The molecule has 0 radical (unpaired) electrons. The monoisotopic (exact) mass is 238 g/mol. The summed E-state index contributed by atoms with van der Waals surface area (Å²) in [6.07, 6.45) is 3.15. The first-order chi connectivity index (χ1) is 8.74. The molecule has 0 spiro atoms. The second-order valence-electron chi connectivity index (χ2n) is 4.64. The van der Waals surface area contributed by atoms with Gasteiger partial charge in [0.25, 0.3) is 0 Å². The van der Waals surface area contributed by atoms with Crippen LogP contribution in [0.5, 0.6) is 0 Å². The summed E-state index contributed by atoms with van der Waals surface area (Å²) < 4.78 is 0. The molecule has 0 amide bonds. The van der Waals surface area contributed by atoms with Gasteiger partial charge in [0.1, 0.15) is 6.29 Å². The molecule has 18 heavy (non-hydrogen) atoms. The Morgan fingerprint density at radius 3 is 2.67 bits per heavy atom. The summed E-state index contributed by atoms with van der Waals surface area (Å²) in [5.41, 5.74) is 5.64. The van der Waals surface area contributed by atoms with E-state index in [0.717, 1.165) is 30.3 Å². The van der Waals surface area contributed by atoms with Gasteiger partial charge in [-0.15, -0.1) is 0 Å². The van der Waals surface area contributed by atoms with Crippen molar-refractivity contribution in [2.24, 2.45) is 0 Å². The average Bonchev–Trinajstić information content (AvgIpc) is 2.40. The molecule has 0 saturated heterocycles. The Labute approximate surface area is 108 Å². The third kappa shape index (κ3) is 2.67. The Bertz CT molecular complexity index is 555. The summed E-state index contributed by atoms with van der Waals surface area (Å²) in [6, 6.07) is 14.4. The molecule has 2 rings (SSSR count). The normalized spacial score (nSPS) is 10.3. The van der Waals surface area contributed by atoms with Crippen LogP contribution < -0.4 is 0 Å². The average molecular weight is 238 g/mol. The molecule has 0 aliphatic rings. The van der Waals surface area contributed by atoms with E-state index in [-0.39, 0.29) is 0 Å². The summed E-state index contributed by atoms with van der Waals surface area (Å²) in [5, 5.41) is 0. The zero-order valence-corrected chi connectivity index (χ0v) is 10.9. The Morgan fingerprint density at radius 1 is 1.11 bits per heavy atom. The third-order valence-corrected chi connectivity index (χ3v) is 3.17. The van der Waals surface area contributed by atoms with Crippen molar-refractivity contribution in [1.29, 1.82) is 0 Å². The van der Waals surface area contributed by atoms with Crippen LogP contribution >= 0.6 is 0 Å². The van der Waals surface area contributed by atoms with Gasteiger partial charge in [0.05, 0.1) is 0 Å². The van der Waals surface area contributed by atoms with Crippen LogP contribution in [0, 0.1) is 6.92 Å². The van der Waals surface area contributed by atoms with E-state index in [1.54, 1.807) is 0 Å². The van der Waals surface area contributed by atoms with E-state index in [0.29, 0.717) is 0 Å². The highest BCUT2D eigenvalue weighted by Gasteiger charge is 2.04. The molecule has 2 aromatic carbocycles. The van der Waals surface area contributed by atoms with Gasteiger partial charge in [-0.05, 0) is 41.7 Å². The fraction of sp³-hybridized carbons (Fsp3) is 0.235. The Balaban J connectivity index is 2.47. The number of carbonyl (C=O) groups is 1. The maximum Gasteiger partial charge on any atom is 0.150 e. The van der Waals surface area contributed by atoms with Gasteiger partial charge in [-0.3, -0.25) is 4.79 Å². The number of rotatable bonds is 4. The summed E-state index contributed by atoms with van der Waals surface area (Å²) in [4.78, 5) is 10.9. The zero-order valence-electron chi connectivity index (χ0n) is 10.9. The third-order valence-electron chi connectivity index (χ3n) is 3.17. The van der Waals surface area contributed by atoms with E-state index in [1.807, 2.05) is 18.2 Å². The Kier molecular flexibility index (Phi) is 3.93. The van der Waals surface area contributed by atoms with E-state index in [4.69, 9.17) is 0 Å².